The molecule has 102 valence electrons. The highest BCUT2D eigenvalue weighted by Crippen LogP contribution is 2.09. The molecule has 0 radical (unpaired) electrons. The molecule has 0 spiro atoms. The van der Waals surface area contributed by atoms with Crippen LogP contribution < -0.4 is 5.32 Å². The lowest BCUT2D eigenvalue weighted by atomic mass is 10.1. The molecule has 0 atom stereocenters. The first-order chi connectivity index (χ1) is 9.02. The van der Waals surface area contributed by atoms with Crippen LogP contribution in [-0.4, -0.2) is 30.8 Å². The lowest BCUT2D eigenvalue weighted by Crippen LogP contribution is -2.34. The van der Waals surface area contributed by atoms with Crippen molar-refractivity contribution in [3.8, 4) is 0 Å². The molecule has 0 aliphatic carbocycles. The number of hydrogen-bond donors (Lipinski definition) is 1. The van der Waals surface area contributed by atoms with Gasteiger partial charge in [0.1, 0.15) is 0 Å². The van der Waals surface area contributed by atoms with Crippen LogP contribution >= 0.6 is 11.6 Å². The average Bonchev–Trinajstić information content (AvgIpc) is 2.39. The summed E-state index contributed by atoms with van der Waals surface area (Å²) in [7, 11) is 0. The van der Waals surface area contributed by atoms with Crippen molar-refractivity contribution in [2.45, 2.75) is 13.3 Å². The molecule has 0 aliphatic rings. The summed E-state index contributed by atoms with van der Waals surface area (Å²) in [6.45, 7) is 1.37. The van der Waals surface area contributed by atoms with Crippen LogP contribution in [0.15, 0.2) is 24.3 Å². The smallest absolute Gasteiger partial charge is 0.376 e. The molecule has 5 nitrogen and oxygen atoms in total. The fourth-order valence-electron chi connectivity index (χ4n) is 1.31. The number of amides is 1. The number of benzene rings is 1. The van der Waals surface area contributed by atoms with Crippen molar-refractivity contribution < 1.29 is 19.1 Å². The van der Waals surface area contributed by atoms with Crippen LogP contribution in [0.1, 0.15) is 12.5 Å². The van der Waals surface area contributed by atoms with Crippen LogP contribution in [0.25, 0.3) is 0 Å². The van der Waals surface area contributed by atoms with Crippen LogP contribution in [0.2, 0.25) is 5.02 Å². The van der Waals surface area contributed by atoms with Crippen molar-refractivity contribution in [2.24, 2.45) is 0 Å². The van der Waals surface area contributed by atoms with Gasteiger partial charge in [0.2, 0.25) is 5.91 Å². The van der Waals surface area contributed by atoms with Gasteiger partial charge in [0, 0.05) is 5.02 Å². The van der Waals surface area contributed by atoms with Gasteiger partial charge in [-0.25, -0.2) is 4.79 Å². The minimum atomic E-state index is -0.936. The lowest BCUT2D eigenvalue weighted by Gasteiger charge is -2.04. The highest BCUT2D eigenvalue weighted by molar-refractivity contribution is 6.34. The Kier molecular flexibility index (Phi) is 6.02. The molecule has 0 unspecified atom stereocenters. The quantitative estimate of drug-likeness (QED) is 0.627. The van der Waals surface area contributed by atoms with Gasteiger partial charge in [0.25, 0.3) is 5.78 Å². The monoisotopic (exact) mass is 283 g/mol. The maximum Gasteiger partial charge on any atom is 0.376 e. The number of esters is 1. The largest absolute Gasteiger partial charge is 0.460 e. The molecule has 0 heterocycles. The van der Waals surface area contributed by atoms with Gasteiger partial charge in [0.15, 0.2) is 0 Å². The van der Waals surface area contributed by atoms with E-state index in [4.69, 9.17) is 11.6 Å². The van der Waals surface area contributed by atoms with E-state index in [0.29, 0.717) is 5.02 Å². The van der Waals surface area contributed by atoms with Crippen molar-refractivity contribution in [2.75, 3.05) is 13.2 Å². The second-order valence-corrected chi connectivity index (χ2v) is 4.16. The van der Waals surface area contributed by atoms with Gasteiger partial charge in [-0.15, -0.1) is 0 Å². The van der Waals surface area contributed by atoms with Crippen molar-refractivity contribution in [1.82, 2.24) is 5.32 Å². The summed E-state index contributed by atoms with van der Waals surface area (Å²) in [5, 5.41) is 2.95. The minimum Gasteiger partial charge on any atom is -0.460 e. The van der Waals surface area contributed by atoms with E-state index in [1.54, 1.807) is 31.2 Å². The molecule has 19 heavy (non-hydrogen) atoms. The second kappa shape index (κ2) is 7.53. The van der Waals surface area contributed by atoms with Crippen molar-refractivity contribution >= 4 is 29.3 Å². The Balaban J connectivity index is 2.37. The minimum absolute atomic E-state index is 0.118. The molecular formula is C13H14ClNO4. The zero-order chi connectivity index (χ0) is 14.3. The molecule has 1 amide bonds. The molecule has 0 aromatic heterocycles. The standard InChI is InChI=1S/C13H14ClNO4/c1-2-19-13(18)11(16)8-15-12(17)7-9-3-5-10(14)6-4-9/h3-6H,2,7-8H2,1H3,(H,15,17). The van der Waals surface area contributed by atoms with Gasteiger partial charge < -0.3 is 10.1 Å². The maximum absolute atomic E-state index is 11.5. The Labute approximate surface area is 115 Å². The summed E-state index contributed by atoms with van der Waals surface area (Å²) in [4.78, 5) is 33.8. The Morgan fingerprint density at radius 2 is 1.84 bits per heavy atom. The van der Waals surface area contributed by atoms with E-state index in [-0.39, 0.29) is 25.5 Å². The van der Waals surface area contributed by atoms with Gasteiger partial charge in [0.05, 0.1) is 19.6 Å². The fraction of sp³-hybridized carbons (Fsp3) is 0.308. The van der Waals surface area contributed by atoms with Crippen molar-refractivity contribution in [3.63, 3.8) is 0 Å². The Bertz CT molecular complexity index is 470. The molecule has 1 aromatic carbocycles. The number of carbonyl (C=O) groups is 3. The predicted molar refractivity (Wildman–Crippen MR) is 69.8 cm³/mol. The molecule has 0 saturated carbocycles. The highest BCUT2D eigenvalue weighted by Gasteiger charge is 2.15. The van der Waals surface area contributed by atoms with Gasteiger partial charge in [-0.05, 0) is 24.6 Å². The topological polar surface area (TPSA) is 72.5 Å². The molecule has 0 saturated heterocycles. The number of rotatable bonds is 6. The number of Topliss-reactive ketones (excluding diaryl/α,β-unsaturated/α-hetero) is 1. The molecule has 0 bridgehead atoms. The fourth-order valence-corrected chi connectivity index (χ4v) is 1.44. The van der Waals surface area contributed by atoms with E-state index >= 15 is 0 Å². The van der Waals surface area contributed by atoms with E-state index in [1.165, 1.54) is 0 Å². The summed E-state index contributed by atoms with van der Waals surface area (Å²) >= 11 is 5.72. The van der Waals surface area contributed by atoms with Crippen molar-refractivity contribution in [3.05, 3.63) is 34.9 Å². The first kappa shape index (κ1) is 15.2. The van der Waals surface area contributed by atoms with Crippen LogP contribution in [0.4, 0.5) is 0 Å². The predicted octanol–water partition coefficient (Wildman–Crippen LogP) is 1.13. The van der Waals surface area contributed by atoms with E-state index in [1.807, 2.05) is 0 Å². The number of ether oxygens (including phenoxy) is 1. The summed E-state index contributed by atoms with van der Waals surface area (Å²) in [6.07, 6.45) is 0.118. The number of carbonyl (C=O) groups excluding carboxylic acids is 3. The zero-order valence-corrected chi connectivity index (χ0v) is 11.2. The second-order valence-electron chi connectivity index (χ2n) is 3.72. The lowest BCUT2D eigenvalue weighted by molar-refractivity contribution is -0.153. The summed E-state index contributed by atoms with van der Waals surface area (Å²) in [5.74, 6) is -2.06. The first-order valence-electron chi connectivity index (χ1n) is 5.74. The number of hydrogen-bond acceptors (Lipinski definition) is 4. The van der Waals surface area contributed by atoms with E-state index in [9.17, 15) is 14.4 Å². The van der Waals surface area contributed by atoms with Crippen LogP contribution in [0, 0.1) is 0 Å². The summed E-state index contributed by atoms with van der Waals surface area (Å²) in [6, 6.07) is 6.78. The first-order valence-corrected chi connectivity index (χ1v) is 6.11. The zero-order valence-electron chi connectivity index (χ0n) is 10.4. The third-order valence-electron chi connectivity index (χ3n) is 2.23. The Morgan fingerprint density at radius 1 is 1.21 bits per heavy atom. The van der Waals surface area contributed by atoms with Crippen LogP contribution in [0.3, 0.4) is 0 Å². The molecule has 1 rings (SSSR count). The van der Waals surface area contributed by atoms with Gasteiger partial charge >= 0.3 is 5.97 Å². The molecule has 6 heteroatoms. The van der Waals surface area contributed by atoms with Gasteiger partial charge in [-0.2, -0.15) is 0 Å². The third kappa shape index (κ3) is 5.52. The van der Waals surface area contributed by atoms with Crippen molar-refractivity contribution in [1.29, 1.82) is 0 Å². The number of nitrogens with one attached hydrogen (secondary N) is 1. The highest BCUT2D eigenvalue weighted by atomic mass is 35.5. The molecule has 0 fully saturated rings. The SMILES string of the molecule is CCOC(=O)C(=O)CNC(=O)Cc1ccc(Cl)cc1. The van der Waals surface area contributed by atoms with E-state index < -0.39 is 11.8 Å². The normalized spacial score (nSPS) is 9.79. The van der Waals surface area contributed by atoms with Crippen LogP contribution in [-0.2, 0) is 25.5 Å². The molecule has 1 aromatic rings. The van der Waals surface area contributed by atoms with E-state index in [0.717, 1.165) is 5.56 Å². The summed E-state index contributed by atoms with van der Waals surface area (Å²) in [5.41, 5.74) is 0.769. The molecule has 0 aliphatic heterocycles. The van der Waals surface area contributed by atoms with E-state index in [2.05, 4.69) is 10.1 Å². The molecule has 1 N–H and O–H groups in total. The third-order valence-corrected chi connectivity index (χ3v) is 2.48. The van der Waals surface area contributed by atoms with Crippen LogP contribution in [0.5, 0.6) is 0 Å². The number of halogens is 1. The van der Waals surface area contributed by atoms with Gasteiger partial charge in [-0.3, -0.25) is 9.59 Å². The van der Waals surface area contributed by atoms with Gasteiger partial charge in [-0.1, -0.05) is 23.7 Å². The Morgan fingerprint density at radius 3 is 2.42 bits per heavy atom. The number of ketones is 1. The maximum atomic E-state index is 11.5. The molecular weight excluding hydrogens is 270 g/mol. The Hall–Kier alpha value is -1.88. The average molecular weight is 284 g/mol. The summed E-state index contributed by atoms with van der Waals surface area (Å²) < 4.78 is 4.51.